The molecular weight excluding hydrogens is 210 g/mol. The molecule has 3 fully saturated rings. The number of carbonyl (C=O) groups excluding carboxylic acids is 1. The first-order valence-corrected chi connectivity index (χ1v) is 7.65. The molecule has 2 nitrogen and oxygen atoms in total. The first-order valence-electron chi connectivity index (χ1n) is 7.65. The maximum absolute atomic E-state index is 12.0. The summed E-state index contributed by atoms with van der Waals surface area (Å²) < 4.78 is 0. The zero-order chi connectivity index (χ0) is 11.7. The number of piperidine rings is 1. The minimum Gasteiger partial charge on any atom is -0.299 e. The van der Waals surface area contributed by atoms with E-state index in [1.165, 1.54) is 57.9 Å². The molecule has 2 atom stereocenters. The summed E-state index contributed by atoms with van der Waals surface area (Å²) in [7, 11) is 0. The van der Waals surface area contributed by atoms with Gasteiger partial charge in [0.2, 0.25) is 0 Å². The van der Waals surface area contributed by atoms with Crippen LogP contribution in [0.15, 0.2) is 0 Å². The summed E-state index contributed by atoms with van der Waals surface area (Å²) in [5.41, 5.74) is 0. The highest BCUT2D eigenvalue weighted by Gasteiger charge is 2.39. The van der Waals surface area contributed by atoms with Crippen LogP contribution in [0.2, 0.25) is 0 Å². The van der Waals surface area contributed by atoms with E-state index in [0.29, 0.717) is 17.7 Å². The fraction of sp³-hybridized carbons (Fsp3) is 0.933. The van der Waals surface area contributed by atoms with Gasteiger partial charge in [-0.05, 0) is 45.1 Å². The predicted molar refractivity (Wildman–Crippen MR) is 68.9 cm³/mol. The quantitative estimate of drug-likeness (QED) is 0.733. The monoisotopic (exact) mass is 235 g/mol. The molecule has 2 heteroatoms. The van der Waals surface area contributed by atoms with Crippen molar-refractivity contribution < 1.29 is 4.79 Å². The highest BCUT2D eigenvalue weighted by molar-refractivity contribution is 5.83. The van der Waals surface area contributed by atoms with Gasteiger partial charge in [0.1, 0.15) is 5.78 Å². The van der Waals surface area contributed by atoms with Gasteiger partial charge in [-0.3, -0.25) is 9.69 Å². The molecule has 0 bridgehead atoms. The zero-order valence-electron chi connectivity index (χ0n) is 10.9. The van der Waals surface area contributed by atoms with Crippen LogP contribution < -0.4 is 0 Å². The Kier molecular flexibility index (Phi) is 3.51. The Balaban J connectivity index is 1.72. The van der Waals surface area contributed by atoms with Crippen LogP contribution in [0.1, 0.15) is 64.2 Å². The van der Waals surface area contributed by atoms with Crippen LogP contribution in [0.5, 0.6) is 0 Å². The van der Waals surface area contributed by atoms with E-state index in [0.717, 1.165) is 18.9 Å². The maximum atomic E-state index is 12.0. The van der Waals surface area contributed by atoms with Gasteiger partial charge in [0.15, 0.2) is 0 Å². The van der Waals surface area contributed by atoms with Crippen LogP contribution in [-0.4, -0.2) is 29.3 Å². The van der Waals surface area contributed by atoms with Crippen LogP contribution in [0.25, 0.3) is 0 Å². The third-order valence-electron chi connectivity index (χ3n) is 5.20. The Hall–Kier alpha value is -0.370. The van der Waals surface area contributed by atoms with E-state index in [-0.39, 0.29) is 0 Å². The molecule has 1 aliphatic heterocycles. The Morgan fingerprint density at radius 2 is 1.65 bits per heavy atom. The molecule has 0 amide bonds. The second-order valence-corrected chi connectivity index (χ2v) is 6.20. The van der Waals surface area contributed by atoms with Crippen LogP contribution in [0.4, 0.5) is 0 Å². The van der Waals surface area contributed by atoms with Crippen molar-refractivity contribution in [1.29, 1.82) is 0 Å². The normalized spacial score (nSPS) is 36.8. The van der Waals surface area contributed by atoms with E-state index in [1.54, 1.807) is 0 Å². The SMILES string of the molecule is O=C1CCCC1C1CCCCN1C1CCCC1. The number of ketones is 1. The largest absolute Gasteiger partial charge is 0.299 e. The molecule has 0 aromatic carbocycles. The molecule has 0 spiro atoms. The number of carbonyl (C=O) groups is 1. The molecule has 1 saturated heterocycles. The molecular formula is C15H25NO. The van der Waals surface area contributed by atoms with Crippen LogP contribution in [0, 0.1) is 5.92 Å². The summed E-state index contributed by atoms with van der Waals surface area (Å²) in [6.45, 7) is 1.26. The van der Waals surface area contributed by atoms with Crippen LogP contribution >= 0.6 is 0 Å². The summed E-state index contributed by atoms with van der Waals surface area (Å²) >= 11 is 0. The molecule has 2 aliphatic carbocycles. The number of Topliss-reactive ketones (excluding diaryl/α,β-unsaturated/α-hetero) is 1. The Morgan fingerprint density at radius 3 is 2.35 bits per heavy atom. The highest BCUT2D eigenvalue weighted by atomic mass is 16.1. The Morgan fingerprint density at radius 1 is 0.882 bits per heavy atom. The van der Waals surface area contributed by atoms with Gasteiger partial charge in [-0.2, -0.15) is 0 Å². The minimum atomic E-state index is 0.399. The second kappa shape index (κ2) is 5.09. The topological polar surface area (TPSA) is 20.3 Å². The lowest BCUT2D eigenvalue weighted by atomic mass is 9.87. The molecule has 3 rings (SSSR count). The van der Waals surface area contributed by atoms with Gasteiger partial charge in [-0.15, -0.1) is 0 Å². The van der Waals surface area contributed by atoms with E-state index in [2.05, 4.69) is 4.90 Å². The minimum absolute atomic E-state index is 0.399. The van der Waals surface area contributed by atoms with Gasteiger partial charge in [-0.1, -0.05) is 19.3 Å². The predicted octanol–water partition coefficient (Wildman–Crippen LogP) is 3.15. The van der Waals surface area contributed by atoms with E-state index in [1.807, 2.05) is 0 Å². The maximum Gasteiger partial charge on any atom is 0.137 e. The fourth-order valence-corrected chi connectivity index (χ4v) is 4.35. The molecule has 2 saturated carbocycles. The molecule has 2 unspecified atom stereocenters. The summed E-state index contributed by atoms with van der Waals surface area (Å²) in [4.78, 5) is 14.7. The lowest BCUT2D eigenvalue weighted by Gasteiger charge is -2.42. The Labute approximate surface area is 105 Å². The number of rotatable bonds is 2. The van der Waals surface area contributed by atoms with Crippen molar-refractivity contribution in [1.82, 2.24) is 4.90 Å². The van der Waals surface area contributed by atoms with Crippen molar-refractivity contribution >= 4 is 5.78 Å². The van der Waals surface area contributed by atoms with Crippen molar-refractivity contribution in [2.45, 2.75) is 76.3 Å². The second-order valence-electron chi connectivity index (χ2n) is 6.20. The van der Waals surface area contributed by atoms with E-state index >= 15 is 0 Å². The van der Waals surface area contributed by atoms with Gasteiger partial charge in [0.05, 0.1) is 0 Å². The summed E-state index contributed by atoms with van der Waals surface area (Å²) in [6.07, 6.45) is 12.8. The summed E-state index contributed by atoms with van der Waals surface area (Å²) in [5.74, 6) is 0.968. The van der Waals surface area contributed by atoms with Crippen molar-refractivity contribution in [2.75, 3.05) is 6.54 Å². The van der Waals surface area contributed by atoms with E-state index in [4.69, 9.17) is 0 Å². The molecule has 0 aromatic rings. The first-order chi connectivity index (χ1) is 8.36. The summed E-state index contributed by atoms with van der Waals surface area (Å²) in [5, 5.41) is 0. The van der Waals surface area contributed by atoms with Gasteiger partial charge in [-0.25, -0.2) is 0 Å². The van der Waals surface area contributed by atoms with Crippen molar-refractivity contribution in [3.8, 4) is 0 Å². The van der Waals surface area contributed by atoms with Gasteiger partial charge >= 0.3 is 0 Å². The van der Waals surface area contributed by atoms with Gasteiger partial charge in [0, 0.05) is 24.4 Å². The molecule has 96 valence electrons. The average molecular weight is 235 g/mol. The molecule has 3 aliphatic rings. The van der Waals surface area contributed by atoms with Gasteiger partial charge in [0.25, 0.3) is 0 Å². The molecule has 17 heavy (non-hydrogen) atoms. The number of nitrogens with zero attached hydrogens (tertiary/aromatic N) is 1. The standard InChI is InChI=1S/C15H25NO/c17-15-10-5-8-13(15)14-9-3-4-11-16(14)12-6-1-2-7-12/h12-14H,1-11H2. The fourth-order valence-electron chi connectivity index (χ4n) is 4.35. The van der Waals surface area contributed by atoms with Gasteiger partial charge < -0.3 is 0 Å². The van der Waals surface area contributed by atoms with Crippen LogP contribution in [-0.2, 0) is 4.79 Å². The molecule has 0 aromatic heterocycles. The van der Waals surface area contributed by atoms with E-state index in [9.17, 15) is 4.79 Å². The number of hydrogen-bond donors (Lipinski definition) is 0. The highest BCUT2D eigenvalue weighted by Crippen LogP contribution is 2.36. The lowest BCUT2D eigenvalue weighted by molar-refractivity contribution is -0.123. The summed E-state index contributed by atoms with van der Waals surface area (Å²) in [6, 6.07) is 1.43. The molecule has 0 radical (unpaired) electrons. The third-order valence-corrected chi connectivity index (χ3v) is 5.20. The number of likely N-dealkylation sites (tertiary alicyclic amines) is 1. The lowest BCUT2D eigenvalue weighted by Crippen LogP contribution is -2.49. The third kappa shape index (κ3) is 2.29. The molecule has 1 heterocycles. The van der Waals surface area contributed by atoms with Crippen molar-refractivity contribution in [2.24, 2.45) is 5.92 Å². The van der Waals surface area contributed by atoms with Crippen LogP contribution in [0.3, 0.4) is 0 Å². The molecule has 0 N–H and O–H groups in total. The smallest absolute Gasteiger partial charge is 0.137 e. The first kappa shape index (κ1) is 11.7. The Bertz CT molecular complexity index is 283. The van der Waals surface area contributed by atoms with Crippen molar-refractivity contribution in [3.63, 3.8) is 0 Å². The average Bonchev–Trinajstić information content (AvgIpc) is 3.00. The van der Waals surface area contributed by atoms with E-state index < -0.39 is 0 Å². The number of hydrogen-bond acceptors (Lipinski definition) is 2. The van der Waals surface area contributed by atoms with Crippen molar-refractivity contribution in [3.05, 3.63) is 0 Å². The zero-order valence-corrected chi connectivity index (χ0v) is 10.9.